The molecule has 1 saturated heterocycles. The lowest BCUT2D eigenvalue weighted by molar-refractivity contribution is -0.130. The van der Waals surface area contributed by atoms with Crippen LogP contribution in [0.1, 0.15) is 43.5 Å². The number of thioether (sulfide) groups is 1. The molecule has 0 radical (unpaired) electrons. The third-order valence-corrected chi connectivity index (χ3v) is 5.31. The average Bonchev–Trinajstić information content (AvgIpc) is 3.24. The first-order valence-corrected chi connectivity index (χ1v) is 9.85. The number of aryl methyl sites for hydroxylation is 2. The van der Waals surface area contributed by atoms with E-state index in [0.717, 1.165) is 18.8 Å². The summed E-state index contributed by atoms with van der Waals surface area (Å²) in [6.07, 6.45) is 6.84. The van der Waals surface area contributed by atoms with Crippen LogP contribution in [-0.4, -0.2) is 50.1 Å². The number of nitrogens with zero attached hydrogens (tertiary/aromatic N) is 5. The van der Waals surface area contributed by atoms with E-state index < -0.39 is 0 Å². The van der Waals surface area contributed by atoms with Crippen LogP contribution in [0.15, 0.2) is 16.9 Å². The maximum Gasteiger partial charge on any atom is 0.227 e. The molecule has 1 amide bonds. The molecule has 1 atom stereocenters. The van der Waals surface area contributed by atoms with Gasteiger partial charge in [-0.05, 0) is 17.2 Å². The quantitative estimate of drug-likeness (QED) is 0.783. The summed E-state index contributed by atoms with van der Waals surface area (Å²) in [4.78, 5) is 18.9. The van der Waals surface area contributed by atoms with Crippen molar-refractivity contribution in [2.75, 3.05) is 19.3 Å². The van der Waals surface area contributed by atoms with Crippen LogP contribution < -0.4 is 0 Å². The second-order valence-electron chi connectivity index (χ2n) is 7.30. The molecule has 0 aliphatic carbocycles. The molecule has 2 aromatic rings. The van der Waals surface area contributed by atoms with E-state index in [2.05, 4.69) is 29.1 Å². The van der Waals surface area contributed by atoms with Crippen LogP contribution in [0.4, 0.5) is 0 Å². The number of aromatic nitrogens is 4. The summed E-state index contributed by atoms with van der Waals surface area (Å²) in [5.41, 5.74) is 1.23. The van der Waals surface area contributed by atoms with Gasteiger partial charge in [0.05, 0.1) is 11.9 Å². The molecule has 3 rings (SSSR count). The van der Waals surface area contributed by atoms with E-state index in [1.54, 1.807) is 11.8 Å². The summed E-state index contributed by atoms with van der Waals surface area (Å²) in [6.45, 7) is 5.92. The van der Waals surface area contributed by atoms with E-state index in [9.17, 15) is 4.79 Å². The molecule has 0 bridgehead atoms. The molecule has 136 valence electrons. The summed E-state index contributed by atoms with van der Waals surface area (Å²) in [6, 6.07) is 0. The lowest BCUT2D eigenvalue weighted by atomic mass is 9.79. The maximum atomic E-state index is 12.6. The molecule has 25 heavy (non-hydrogen) atoms. The van der Waals surface area contributed by atoms with E-state index in [1.165, 1.54) is 5.56 Å². The molecule has 0 aromatic carbocycles. The molecule has 0 N–H and O–H groups in total. The molecule has 3 heterocycles. The van der Waals surface area contributed by atoms with E-state index in [4.69, 9.17) is 4.52 Å². The number of likely N-dealkylation sites (tertiary alicyclic amines) is 1. The number of carbonyl (C=O) groups is 1. The molecule has 7 nitrogen and oxygen atoms in total. The summed E-state index contributed by atoms with van der Waals surface area (Å²) < 4.78 is 7.03. The van der Waals surface area contributed by atoms with Crippen molar-refractivity contribution in [3.8, 4) is 0 Å². The molecular formula is C17H25N5O2S. The fourth-order valence-electron chi connectivity index (χ4n) is 3.45. The van der Waals surface area contributed by atoms with Crippen LogP contribution in [0.5, 0.6) is 0 Å². The molecule has 1 aliphatic heterocycles. The van der Waals surface area contributed by atoms with E-state index >= 15 is 0 Å². The maximum absolute atomic E-state index is 12.6. The monoisotopic (exact) mass is 363 g/mol. The highest BCUT2D eigenvalue weighted by Gasteiger charge is 2.42. The predicted molar refractivity (Wildman–Crippen MR) is 96.1 cm³/mol. The summed E-state index contributed by atoms with van der Waals surface area (Å²) >= 11 is 1.65. The van der Waals surface area contributed by atoms with Gasteiger partial charge in [0.1, 0.15) is 0 Å². The fraction of sp³-hybridized carbons (Fsp3) is 0.647. The van der Waals surface area contributed by atoms with Gasteiger partial charge in [0.25, 0.3) is 0 Å². The Morgan fingerprint density at radius 3 is 2.96 bits per heavy atom. The van der Waals surface area contributed by atoms with Crippen molar-refractivity contribution < 1.29 is 9.32 Å². The van der Waals surface area contributed by atoms with Gasteiger partial charge in [-0.25, -0.2) is 0 Å². The lowest BCUT2D eigenvalue weighted by Gasteiger charge is -2.24. The second kappa shape index (κ2) is 7.19. The zero-order valence-corrected chi connectivity index (χ0v) is 16.0. The van der Waals surface area contributed by atoms with Gasteiger partial charge in [-0.3, -0.25) is 9.48 Å². The molecule has 1 fully saturated rings. The highest BCUT2D eigenvalue weighted by atomic mass is 32.2. The number of carbonyl (C=O) groups excluding carboxylic acids is 1. The van der Waals surface area contributed by atoms with Crippen LogP contribution in [0.25, 0.3) is 0 Å². The van der Waals surface area contributed by atoms with Crippen LogP contribution in [-0.2, 0) is 24.0 Å². The van der Waals surface area contributed by atoms with Gasteiger partial charge in [-0.1, -0.05) is 19.0 Å². The summed E-state index contributed by atoms with van der Waals surface area (Å²) in [5, 5.41) is 8.19. The Morgan fingerprint density at radius 1 is 1.48 bits per heavy atom. The van der Waals surface area contributed by atoms with Crippen LogP contribution in [0, 0.1) is 5.41 Å². The third kappa shape index (κ3) is 4.05. The topological polar surface area (TPSA) is 77.0 Å². The first-order valence-electron chi connectivity index (χ1n) is 8.46. The average molecular weight is 363 g/mol. The van der Waals surface area contributed by atoms with Gasteiger partial charge < -0.3 is 9.42 Å². The molecule has 1 unspecified atom stereocenters. The third-order valence-electron chi connectivity index (χ3n) is 4.76. The minimum atomic E-state index is 0.0364. The van der Waals surface area contributed by atoms with Crippen molar-refractivity contribution in [3.63, 3.8) is 0 Å². The van der Waals surface area contributed by atoms with Gasteiger partial charge >= 0.3 is 0 Å². The van der Waals surface area contributed by atoms with E-state index in [1.807, 2.05) is 35.3 Å². The minimum absolute atomic E-state index is 0.0364. The van der Waals surface area contributed by atoms with Gasteiger partial charge in [0.2, 0.25) is 11.8 Å². The SMILES string of the molecule is CSCc1noc(CCC(=O)N2CC(c3cnn(C)c3)C(C)(C)C2)n1. The Balaban J connectivity index is 1.59. The minimum Gasteiger partial charge on any atom is -0.341 e. The van der Waals surface area contributed by atoms with Gasteiger partial charge in [0, 0.05) is 45.1 Å². The predicted octanol–water partition coefficient (Wildman–Crippen LogP) is 2.25. The van der Waals surface area contributed by atoms with E-state index in [-0.39, 0.29) is 11.3 Å². The van der Waals surface area contributed by atoms with Crippen LogP contribution in [0.3, 0.4) is 0 Å². The molecule has 1 aliphatic rings. The fourth-order valence-corrected chi connectivity index (χ4v) is 3.83. The first kappa shape index (κ1) is 18.0. The van der Waals surface area contributed by atoms with E-state index in [0.29, 0.717) is 30.5 Å². The summed E-state index contributed by atoms with van der Waals surface area (Å²) in [5.74, 6) is 2.41. The Labute approximate surface area is 152 Å². The number of amides is 1. The Kier molecular flexibility index (Phi) is 5.17. The normalized spacial score (nSPS) is 19.5. The van der Waals surface area contributed by atoms with Crippen molar-refractivity contribution >= 4 is 17.7 Å². The van der Waals surface area contributed by atoms with Crippen molar-refractivity contribution in [2.45, 2.75) is 38.4 Å². The van der Waals surface area contributed by atoms with Crippen molar-refractivity contribution in [1.82, 2.24) is 24.8 Å². The van der Waals surface area contributed by atoms with Crippen LogP contribution >= 0.6 is 11.8 Å². The smallest absolute Gasteiger partial charge is 0.227 e. The lowest BCUT2D eigenvalue weighted by Crippen LogP contribution is -2.30. The second-order valence-corrected chi connectivity index (χ2v) is 8.17. The number of hydrogen-bond acceptors (Lipinski definition) is 6. The van der Waals surface area contributed by atoms with Crippen molar-refractivity contribution in [3.05, 3.63) is 29.7 Å². The highest BCUT2D eigenvalue weighted by Crippen LogP contribution is 2.42. The Morgan fingerprint density at radius 2 is 2.28 bits per heavy atom. The number of rotatable bonds is 6. The molecule has 8 heteroatoms. The Hall–Kier alpha value is -1.83. The zero-order valence-electron chi connectivity index (χ0n) is 15.2. The Bertz CT molecular complexity index is 739. The molecular weight excluding hydrogens is 338 g/mol. The van der Waals surface area contributed by atoms with Crippen molar-refractivity contribution in [2.24, 2.45) is 12.5 Å². The largest absolute Gasteiger partial charge is 0.341 e. The van der Waals surface area contributed by atoms with Gasteiger partial charge in [-0.15, -0.1) is 0 Å². The summed E-state index contributed by atoms with van der Waals surface area (Å²) in [7, 11) is 1.92. The van der Waals surface area contributed by atoms with Gasteiger partial charge in [0.15, 0.2) is 5.82 Å². The first-order chi connectivity index (χ1) is 11.9. The van der Waals surface area contributed by atoms with Crippen molar-refractivity contribution in [1.29, 1.82) is 0 Å². The highest BCUT2D eigenvalue weighted by molar-refractivity contribution is 7.97. The number of hydrogen-bond donors (Lipinski definition) is 0. The molecule has 0 spiro atoms. The molecule has 2 aromatic heterocycles. The zero-order chi connectivity index (χ0) is 18.0. The molecule has 0 saturated carbocycles. The standard InChI is InChI=1S/C17H25N5O2S/c1-17(2)11-22(9-13(17)12-7-18-21(3)8-12)16(23)6-5-15-19-14(10-25-4)20-24-15/h7-8,13H,5-6,9-11H2,1-4H3. The van der Waals surface area contributed by atoms with Gasteiger partial charge in [-0.2, -0.15) is 21.8 Å². The van der Waals surface area contributed by atoms with Crippen LogP contribution in [0.2, 0.25) is 0 Å².